The Morgan fingerprint density at radius 2 is 1.90 bits per heavy atom. The summed E-state index contributed by atoms with van der Waals surface area (Å²) >= 11 is 0. The summed E-state index contributed by atoms with van der Waals surface area (Å²) in [5.74, 6) is 4.38. The van der Waals surface area contributed by atoms with E-state index in [2.05, 4.69) is 29.4 Å². The number of hydrogen-bond donors (Lipinski definition) is 0. The van der Waals surface area contributed by atoms with Crippen LogP contribution in [0.1, 0.15) is 65.2 Å². The Bertz CT molecular complexity index is 464. The molecule has 1 fully saturated rings. The van der Waals surface area contributed by atoms with E-state index >= 15 is 0 Å². The smallest absolute Gasteiger partial charge is 0.164 e. The van der Waals surface area contributed by atoms with Gasteiger partial charge < -0.3 is 0 Å². The van der Waals surface area contributed by atoms with E-state index in [1.807, 2.05) is 13.8 Å². The van der Waals surface area contributed by atoms with Crippen LogP contribution in [-0.4, -0.2) is 30.2 Å². The predicted octanol–water partition coefficient (Wildman–Crippen LogP) is 2.97. The molecule has 2 rings (SSSR count). The minimum absolute atomic E-state index is 0.215. The zero-order valence-corrected chi connectivity index (χ0v) is 14.5. The second-order valence-corrected chi connectivity index (χ2v) is 8.57. The van der Waals surface area contributed by atoms with E-state index in [1.165, 1.54) is 19.3 Å². The van der Waals surface area contributed by atoms with Crippen LogP contribution in [0.5, 0.6) is 0 Å². The topological polar surface area (TPSA) is 60.7 Å². The van der Waals surface area contributed by atoms with E-state index < -0.39 is 10.8 Å². The van der Waals surface area contributed by atoms with Crippen LogP contribution >= 0.6 is 0 Å². The first-order valence-corrected chi connectivity index (χ1v) is 9.56. The second-order valence-electron chi connectivity index (χ2n) is 6.99. The van der Waals surface area contributed by atoms with Crippen LogP contribution < -0.4 is 0 Å². The van der Waals surface area contributed by atoms with Gasteiger partial charge in [0.25, 0.3) is 0 Å². The Kier molecular flexibility index (Phi) is 5.90. The predicted molar refractivity (Wildman–Crippen MR) is 85.2 cm³/mol. The Balaban J connectivity index is 1.81. The molecule has 0 aromatic carbocycles. The average Bonchev–Trinajstić information content (AvgIpc) is 2.83. The van der Waals surface area contributed by atoms with Crippen molar-refractivity contribution in [2.45, 2.75) is 65.2 Å². The molecule has 0 spiro atoms. The summed E-state index contributed by atoms with van der Waals surface area (Å²) in [6.45, 7) is 8.76. The highest BCUT2D eigenvalue weighted by molar-refractivity contribution is 7.84. The van der Waals surface area contributed by atoms with E-state index in [0.29, 0.717) is 5.75 Å². The third-order valence-electron chi connectivity index (χ3n) is 4.37. The Morgan fingerprint density at radius 1 is 1.24 bits per heavy atom. The quantitative estimate of drug-likeness (QED) is 0.810. The molecule has 0 aliphatic heterocycles. The molecule has 0 N–H and O–H groups in total. The fraction of sp³-hybridized carbons (Fsp3) is 0.933. The van der Waals surface area contributed by atoms with Crippen molar-refractivity contribution >= 4 is 10.8 Å². The molecule has 0 amide bonds. The SMILES string of the molecule is CC(C)n1nnnc1C[S@@](=O)CCC1C[C@@H](C)C[C@@H](C)C1. The highest BCUT2D eigenvalue weighted by Gasteiger charge is 2.24. The molecule has 0 saturated heterocycles. The molecule has 1 aliphatic rings. The zero-order valence-electron chi connectivity index (χ0n) is 13.7. The van der Waals surface area contributed by atoms with Gasteiger partial charge in [-0.3, -0.25) is 4.21 Å². The van der Waals surface area contributed by atoms with Gasteiger partial charge in [-0.15, -0.1) is 5.10 Å². The van der Waals surface area contributed by atoms with Gasteiger partial charge in [0.2, 0.25) is 0 Å². The second kappa shape index (κ2) is 7.47. The van der Waals surface area contributed by atoms with Crippen LogP contribution in [0.3, 0.4) is 0 Å². The van der Waals surface area contributed by atoms with E-state index in [-0.39, 0.29) is 6.04 Å². The summed E-state index contributed by atoms with van der Waals surface area (Å²) in [5.41, 5.74) is 0. The molecule has 1 aromatic rings. The number of nitrogens with zero attached hydrogens (tertiary/aromatic N) is 4. The molecule has 1 unspecified atom stereocenters. The molecule has 1 heterocycles. The minimum atomic E-state index is -0.864. The van der Waals surface area contributed by atoms with Crippen molar-refractivity contribution in [2.75, 3.05) is 5.75 Å². The molecule has 5 nitrogen and oxygen atoms in total. The lowest BCUT2D eigenvalue weighted by atomic mass is 9.76. The van der Waals surface area contributed by atoms with Crippen molar-refractivity contribution in [3.8, 4) is 0 Å². The summed E-state index contributed by atoms with van der Waals surface area (Å²) in [6.07, 6.45) is 5.02. The van der Waals surface area contributed by atoms with E-state index in [1.54, 1.807) is 4.68 Å². The van der Waals surface area contributed by atoms with Crippen LogP contribution in [0.15, 0.2) is 0 Å². The fourth-order valence-corrected chi connectivity index (χ4v) is 4.79. The van der Waals surface area contributed by atoms with Crippen LogP contribution in [0.2, 0.25) is 0 Å². The molecule has 120 valence electrons. The van der Waals surface area contributed by atoms with Crippen LogP contribution in [0, 0.1) is 17.8 Å². The summed E-state index contributed by atoms with van der Waals surface area (Å²) in [4.78, 5) is 0. The Morgan fingerprint density at radius 3 is 2.52 bits per heavy atom. The first-order valence-electron chi connectivity index (χ1n) is 8.07. The summed E-state index contributed by atoms with van der Waals surface area (Å²) in [6, 6.07) is 0.215. The molecule has 4 atom stereocenters. The molecule has 1 aliphatic carbocycles. The van der Waals surface area contributed by atoms with Gasteiger partial charge in [-0.25, -0.2) is 4.68 Å². The number of hydrogen-bond acceptors (Lipinski definition) is 4. The maximum Gasteiger partial charge on any atom is 0.164 e. The Labute approximate surface area is 130 Å². The van der Waals surface area contributed by atoms with Gasteiger partial charge >= 0.3 is 0 Å². The lowest BCUT2D eigenvalue weighted by Crippen LogP contribution is -2.21. The molecule has 21 heavy (non-hydrogen) atoms. The highest BCUT2D eigenvalue weighted by Crippen LogP contribution is 2.34. The largest absolute Gasteiger partial charge is 0.259 e. The zero-order chi connectivity index (χ0) is 15.4. The number of aromatic nitrogens is 4. The van der Waals surface area contributed by atoms with Gasteiger partial charge in [0.1, 0.15) is 0 Å². The number of rotatable bonds is 6. The average molecular weight is 312 g/mol. The summed E-state index contributed by atoms with van der Waals surface area (Å²) in [7, 11) is -0.864. The van der Waals surface area contributed by atoms with Gasteiger partial charge in [0.05, 0.1) is 11.8 Å². The van der Waals surface area contributed by atoms with Crippen molar-refractivity contribution in [1.82, 2.24) is 20.2 Å². The maximum atomic E-state index is 12.3. The van der Waals surface area contributed by atoms with Gasteiger partial charge in [0.15, 0.2) is 5.82 Å². The maximum absolute atomic E-state index is 12.3. The molecule has 0 bridgehead atoms. The molecular weight excluding hydrogens is 284 g/mol. The third kappa shape index (κ3) is 4.87. The van der Waals surface area contributed by atoms with Crippen LogP contribution in [-0.2, 0) is 16.6 Å². The van der Waals surface area contributed by atoms with Crippen molar-refractivity contribution < 1.29 is 4.21 Å². The molecule has 1 saturated carbocycles. The van der Waals surface area contributed by atoms with Gasteiger partial charge in [-0.05, 0) is 67.7 Å². The first-order chi connectivity index (χ1) is 9.95. The monoisotopic (exact) mass is 312 g/mol. The fourth-order valence-electron chi connectivity index (χ4n) is 3.57. The van der Waals surface area contributed by atoms with Crippen molar-refractivity contribution in [3.05, 3.63) is 5.82 Å². The van der Waals surface area contributed by atoms with Gasteiger partial charge in [-0.2, -0.15) is 0 Å². The van der Waals surface area contributed by atoms with E-state index in [9.17, 15) is 4.21 Å². The van der Waals surface area contributed by atoms with E-state index in [4.69, 9.17) is 0 Å². The third-order valence-corrected chi connectivity index (χ3v) is 5.64. The molecular formula is C15H28N4OS. The van der Waals surface area contributed by atoms with Crippen molar-refractivity contribution in [1.29, 1.82) is 0 Å². The minimum Gasteiger partial charge on any atom is -0.259 e. The lowest BCUT2D eigenvalue weighted by molar-refractivity contribution is 0.215. The van der Waals surface area contributed by atoms with Gasteiger partial charge in [0, 0.05) is 16.6 Å². The van der Waals surface area contributed by atoms with Gasteiger partial charge in [-0.1, -0.05) is 13.8 Å². The van der Waals surface area contributed by atoms with Crippen molar-refractivity contribution in [3.63, 3.8) is 0 Å². The molecule has 1 aromatic heterocycles. The summed E-state index contributed by atoms with van der Waals surface area (Å²) in [5, 5.41) is 11.7. The standard InChI is InChI=1S/C15H28N4OS/c1-11(2)19-15(16-17-18-19)10-21(20)6-5-14-8-12(3)7-13(4)9-14/h11-14H,5-10H2,1-4H3/t12-,13+,14?,21-/m0/s1. The van der Waals surface area contributed by atoms with Crippen LogP contribution in [0.25, 0.3) is 0 Å². The highest BCUT2D eigenvalue weighted by atomic mass is 32.2. The van der Waals surface area contributed by atoms with Crippen LogP contribution in [0.4, 0.5) is 0 Å². The van der Waals surface area contributed by atoms with Crippen molar-refractivity contribution in [2.24, 2.45) is 17.8 Å². The van der Waals surface area contributed by atoms with E-state index in [0.717, 1.165) is 35.8 Å². The number of tetrazole rings is 1. The molecule has 6 heteroatoms. The summed E-state index contributed by atoms with van der Waals surface area (Å²) < 4.78 is 14.1. The first kappa shape index (κ1) is 16.6. The molecule has 0 radical (unpaired) electrons. The lowest BCUT2D eigenvalue weighted by Gasteiger charge is -2.31. The Hall–Kier alpha value is -0.780. The normalized spacial score (nSPS) is 28.0.